The van der Waals surface area contributed by atoms with Crippen LogP contribution in [-0.2, 0) is 17.7 Å². The van der Waals surface area contributed by atoms with E-state index in [4.69, 9.17) is 14.5 Å². The van der Waals surface area contributed by atoms with Gasteiger partial charge < -0.3 is 19.4 Å². The summed E-state index contributed by atoms with van der Waals surface area (Å²) in [6.07, 6.45) is 0.437. The lowest BCUT2D eigenvalue weighted by Crippen LogP contribution is -2.38. The monoisotopic (exact) mass is 539 g/mol. The normalized spacial score (nSPS) is 22.9. The Labute approximate surface area is 226 Å². The molecule has 1 aromatic carbocycles. The Morgan fingerprint density at radius 3 is 2.71 bits per heavy atom. The molecule has 1 N–H and O–H groups in total. The maximum atomic E-state index is 15.3. The van der Waals surface area contributed by atoms with Crippen LogP contribution in [-0.4, -0.2) is 66.9 Å². The number of aryl methyl sites for hydroxylation is 2. The minimum absolute atomic E-state index is 0.332. The van der Waals surface area contributed by atoms with E-state index in [0.717, 1.165) is 43.3 Å². The Kier molecular flexibility index (Phi) is 7.11. The summed E-state index contributed by atoms with van der Waals surface area (Å²) in [6, 6.07) is 8.69. The van der Waals surface area contributed by atoms with Crippen LogP contribution in [0.5, 0.6) is 5.06 Å². The minimum atomic E-state index is -0.466. The standard InChI is InChI=1S/C28H34FN5O3S/c1-3-26-30-18(2)24(31-26)17-32-14-20-21(15-32)22(20)16-34(28(35)37-27-5-4-12-38-27)19-6-7-25(23(29)13-19)33-8-10-36-11-9-33/h4-7,12-13,20-22H,3,8-11,14-17H2,1-2H3,(H,30,31). The molecule has 1 aliphatic carbocycles. The number of amides is 1. The molecule has 10 heteroatoms. The number of imidazole rings is 1. The number of nitrogens with zero attached hydrogens (tertiary/aromatic N) is 4. The minimum Gasteiger partial charge on any atom is -0.399 e. The smallest absolute Gasteiger partial charge is 0.399 e. The number of H-pyrrole nitrogens is 1. The van der Waals surface area contributed by atoms with E-state index in [0.29, 0.717) is 67.0 Å². The zero-order valence-electron chi connectivity index (χ0n) is 21.9. The van der Waals surface area contributed by atoms with Crippen LogP contribution in [0.1, 0.15) is 24.1 Å². The Morgan fingerprint density at radius 2 is 2.05 bits per heavy atom. The SMILES string of the molecule is CCc1nc(CN2CC3C(C2)C3CN(C(=O)Oc2cccs2)c2ccc(N3CCOCC3)c(F)c2)c(C)[nH]1. The molecule has 1 amide bonds. The van der Waals surface area contributed by atoms with E-state index >= 15 is 4.39 Å². The van der Waals surface area contributed by atoms with E-state index in [2.05, 4.69) is 23.7 Å². The van der Waals surface area contributed by atoms with E-state index in [1.165, 1.54) is 17.4 Å². The molecule has 0 spiro atoms. The maximum Gasteiger partial charge on any atom is 0.420 e. The van der Waals surface area contributed by atoms with Crippen LogP contribution >= 0.6 is 11.3 Å². The zero-order chi connectivity index (χ0) is 26.2. The zero-order valence-corrected chi connectivity index (χ0v) is 22.7. The van der Waals surface area contributed by atoms with Crippen molar-refractivity contribution in [3.63, 3.8) is 0 Å². The Morgan fingerprint density at radius 1 is 1.26 bits per heavy atom. The molecule has 4 heterocycles. The molecule has 0 bridgehead atoms. The topological polar surface area (TPSA) is 73.9 Å². The summed E-state index contributed by atoms with van der Waals surface area (Å²) in [5.74, 6) is 2.12. The highest BCUT2D eigenvalue weighted by Gasteiger charge is 2.56. The van der Waals surface area contributed by atoms with Gasteiger partial charge in [-0.1, -0.05) is 6.92 Å². The number of benzene rings is 1. The molecule has 3 fully saturated rings. The summed E-state index contributed by atoms with van der Waals surface area (Å²) in [4.78, 5) is 27.5. The molecule has 3 aliphatic rings. The van der Waals surface area contributed by atoms with Gasteiger partial charge in [0, 0.05) is 51.4 Å². The van der Waals surface area contributed by atoms with Crippen LogP contribution in [0.15, 0.2) is 35.7 Å². The predicted molar refractivity (Wildman–Crippen MR) is 146 cm³/mol. The number of piperidine rings is 1. The summed E-state index contributed by atoms with van der Waals surface area (Å²) >= 11 is 1.37. The third-order valence-electron chi connectivity index (χ3n) is 8.08. The number of aromatic nitrogens is 2. The van der Waals surface area contributed by atoms with Crippen molar-refractivity contribution in [1.82, 2.24) is 14.9 Å². The van der Waals surface area contributed by atoms with E-state index < -0.39 is 6.09 Å². The fourth-order valence-corrected chi connectivity index (χ4v) is 6.48. The van der Waals surface area contributed by atoms with Gasteiger partial charge in [0.2, 0.25) is 0 Å². The lowest BCUT2D eigenvalue weighted by Gasteiger charge is -2.30. The van der Waals surface area contributed by atoms with Crippen molar-refractivity contribution in [3.05, 3.63) is 58.7 Å². The summed E-state index contributed by atoms with van der Waals surface area (Å²) < 4.78 is 26.3. The van der Waals surface area contributed by atoms with Gasteiger partial charge in [-0.05, 0) is 60.4 Å². The van der Waals surface area contributed by atoms with E-state index in [1.807, 2.05) is 22.4 Å². The van der Waals surface area contributed by atoms with Crippen molar-refractivity contribution in [2.45, 2.75) is 26.8 Å². The maximum absolute atomic E-state index is 15.3. The largest absolute Gasteiger partial charge is 0.420 e. The van der Waals surface area contributed by atoms with Gasteiger partial charge in [0.15, 0.2) is 5.06 Å². The van der Waals surface area contributed by atoms with Crippen molar-refractivity contribution < 1.29 is 18.7 Å². The Balaban J connectivity index is 1.14. The van der Waals surface area contributed by atoms with Crippen LogP contribution in [0, 0.1) is 30.5 Å². The molecular formula is C28H34FN5O3S. The predicted octanol–water partition coefficient (Wildman–Crippen LogP) is 4.70. The van der Waals surface area contributed by atoms with Gasteiger partial charge in [-0.3, -0.25) is 9.80 Å². The molecule has 38 heavy (non-hydrogen) atoms. The van der Waals surface area contributed by atoms with E-state index in [9.17, 15) is 4.79 Å². The Hall–Kier alpha value is -2.95. The molecule has 0 radical (unpaired) electrons. The highest BCUT2D eigenvalue weighted by Crippen LogP contribution is 2.52. The number of carbonyl (C=O) groups excluding carboxylic acids is 1. The molecule has 2 saturated heterocycles. The molecule has 8 nitrogen and oxygen atoms in total. The lowest BCUT2D eigenvalue weighted by atomic mass is 10.2. The molecule has 202 valence electrons. The summed E-state index contributed by atoms with van der Waals surface area (Å²) in [6.45, 7) is 10.0. The number of halogens is 1. The number of fused-ring (bicyclic) bond motifs is 1. The first-order chi connectivity index (χ1) is 18.5. The Bertz CT molecular complexity index is 1260. The fourth-order valence-electron chi connectivity index (χ4n) is 5.92. The highest BCUT2D eigenvalue weighted by atomic mass is 32.1. The average Bonchev–Trinajstić information content (AvgIpc) is 3.37. The molecular weight excluding hydrogens is 505 g/mol. The average molecular weight is 540 g/mol. The second-order valence-corrected chi connectivity index (χ2v) is 11.4. The molecule has 2 atom stereocenters. The quantitative estimate of drug-likeness (QED) is 0.447. The van der Waals surface area contributed by atoms with Gasteiger partial charge in [0.25, 0.3) is 0 Å². The van der Waals surface area contributed by atoms with Crippen LogP contribution < -0.4 is 14.5 Å². The van der Waals surface area contributed by atoms with Crippen LogP contribution in [0.3, 0.4) is 0 Å². The van der Waals surface area contributed by atoms with Crippen molar-refractivity contribution >= 4 is 28.8 Å². The van der Waals surface area contributed by atoms with Crippen LogP contribution in [0.4, 0.5) is 20.6 Å². The van der Waals surface area contributed by atoms with Gasteiger partial charge >= 0.3 is 6.09 Å². The van der Waals surface area contributed by atoms with Crippen LogP contribution in [0.25, 0.3) is 0 Å². The van der Waals surface area contributed by atoms with Crippen molar-refractivity contribution in [2.24, 2.45) is 17.8 Å². The number of hydrogen-bond acceptors (Lipinski definition) is 7. The first-order valence-electron chi connectivity index (χ1n) is 13.4. The molecule has 3 aromatic rings. The van der Waals surface area contributed by atoms with Gasteiger partial charge in [-0.15, -0.1) is 11.3 Å². The van der Waals surface area contributed by atoms with Crippen LogP contribution in [0.2, 0.25) is 0 Å². The molecule has 1 saturated carbocycles. The van der Waals surface area contributed by atoms with Crippen molar-refractivity contribution in [1.29, 1.82) is 0 Å². The molecule has 2 aromatic heterocycles. The lowest BCUT2D eigenvalue weighted by molar-refractivity contribution is 0.122. The number of ether oxygens (including phenoxy) is 2. The van der Waals surface area contributed by atoms with Gasteiger partial charge in [0.05, 0.1) is 30.3 Å². The number of likely N-dealkylation sites (tertiary alicyclic amines) is 1. The van der Waals surface area contributed by atoms with Crippen molar-refractivity contribution in [2.75, 3.05) is 55.7 Å². The number of aromatic amines is 1. The number of hydrogen-bond donors (Lipinski definition) is 1. The first kappa shape index (κ1) is 25.3. The highest BCUT2D eigenvalue weighted by molar-refractivity contribution is 7.11. The van der Waals surface area contributed by atoms with E-state index in [1.54, 1.807) is 17.0 Å². The number of anilines is 2. The van der Waals surface area contributed by atoms with Crippen molar-refractivity contribution in [3.8, 4) is 5.06 Å². The van der Waals surface area contributed by atoms with Gasteiger partial charge in [-0.25, -0.2) is 14.2 Å². The number of thiophene rings is 1. The summed E-state index contributed by atoms with van der Waals surface area (Å²) in [7, 11) is 0. The number of rotatable bonds is 8. The summed E-state index contributed by atoms with van der Waals surface area (Å²) in [5, 5.41) is 2.40. The number of nitrogens with one attached hydrogen (secondary N) is 1. The number of carbonyl (C=O) groups is 1. The molecule has 2 aliphatic heterocycles. The first-order valence-corrected chi connectivity index (χ1v) is 14.3. The third-order valence-corrected chi connectivity index (χ3v) is 8.83. The summed E-state index contributed by atoms with van der Waals surface area (Å²) in [5.41, 5.74) is 3.34. The molecule has 6 rings (SSSR count). The third kappa shape index (κ3) is 5.17. The second kappa shape index (κ2) is 10.7. The molecule has 2 unspecified atom stereocenters. The second-order valence-electron chi connectivity index (χ2n) is 10.4. The van der Waals surface area contributed by atoms with Gasteiger partial charge in [-0.2, -0.15) is 0 Å². The number of morpholine rings is 1. The fraction of sp³-hybridized carbons (Fsp3) is 0.500. The van der Waals surface area contributed by atoms with E-state index in [-0.39, 0.29) is 5.82 Å². The van der Waals surface area contributed by atoms with Gasteiger partial charge in [0.1, 0.15) is 11.6 Å².